The number of aromatic nitrogens is 1. The van der Waals surface area contributed by atoms with Crippen LogP contribution in [0.1, 0.15) is 6.92 Å². The molecule has 4 rings (SSSR count). The number of hydrogen-bond donors (Lipinski definition) is 1. The molecule has 158 valence electrons. The first kappa shape index (κ1) is 21.0. The predicted molar refractivity (Wildman–Crippen MR) is 121 cm³/mol. The molecular formula is C23H18Cl2N2O4. The van der Waals surface area contributed by atoms with Crippen LogP contribution in [-0.2, 0) is 4.79 Å². The third-order valence-electron chi connectivity index (χ3n) is 4.57. The van der Waals surface area contributed by atoms with E-state index in [1.165, 1.54) is 7.11 Å². The number of benzene rings is 3. The van der Waals surface area contributed by atoms with Crippen molar-refractivity contribution >= 4 is 45.9 Å². The number of rotatable bonds is 6. The fourth-order valence-corrected chi connectivity index (χ4v) is 3.44. The van der Waals surface area contributed by atoms with E-state index in [4.69, 9.17) is 37.1 Å². The molecule has 4 aromatic rings. The first-order valence-corrected chi connectivity index (χ1v) is 10.2. The second kappa shape index (κ2) is 8.88. The quantitative estimate of drug-likeness (QED) is 0.372. The van der Waals surface area contributed by atoms with Crippen molar-refractivity contribution in [3.05, 3.63) is 70.7 Å². The average Bonchev–Trinajstić information content (AvgIpc) is 3.20. The van der Waals surface area contributed by atoms with Gasteiger partial charge in [0.2, 0.25) is 5.89 Å². The van der Waals surface area contributed by atoms with E-state index in [1.54, 1.807) is 37.3 Å². The number of amides is 1. The first-order chi connectivity index (χ1) is 14.9. The van der Waals surface area contributed by atoms with Gasteiger partial charge in [-0.2, -0.15) is 0 Å². The molecule has 0 unspecified atom stereocenters. The molecule has 0 aliphatic heterocycles. The molecule has 0 bridgehead atoms. The molecule has 0 fully saturated rings. The molecule has 0 radical (unpaired) electrons. The third-order valence-corrected chi connectivity index (χ3v) is 5.10. The molecule has 1 aromatic heterocycles. The molecule has 1 N–H and O–H groups in total. The summed E-state index contributed by atoms with van der Waals surface area (Å²) in [5.74, 6) is 0.918. The highest BCUT2D eigenvalue weighted by molar-refractivity contribution is 6.35. The minimum Gasteiger partial charge on any atom is -0.495 e. The molecule has 0 saturated heterocycles. The number of hydrogen-bond acceptors (Lipinski definition) is 5. The van der Waals surface area contributed by atoms with Gasteiger partial charge in [-0.15, -0.1) is 0 Å². The summed E-state index contributed by atoms with van der Waals surface area (Å²) in [6.07, 6.45) is -0.823. The summed E-state index contributed by atoms with van der Waals surface area (Å²) in [6, 6.07) is 17.6. The van der Waals surface area contributed by atoms with E-state index in [2.05, 4.69) is 10.3 Å². The summed E-state index contributed by atoms with van der Waals surface area (Å²) in [7, 11) is 1.53. The van der Waals surface area contributed by atoms with Gasteiger partial charge in [-0.25, -0.2) is 4.98 Å². The van der Waals surface area contributed by atoms with Crippen molar-refractivity contribution in [1.29, 1.82) is 0 Å². The van der Waals surface area contributed by atoms with Crippen LogP contribution in [0.25, 0.3) is 22.6 Å². The maximum Gasteiger partial charge on any atom is 0.265 e. The number of oxazole rings is 1. The van der Waals surface area contributed by atoms with Crippen molar-refractivity contribution in [2.24, 2.45) is 0 Å². The highest BCUT2D eigenvalue weighted by Gasteiger charge is 2.19. The monoisotopic (exact) mass is 456 g/mol. The third kappa shape index (κ3) is 4.60. The number of nitrogens with one attached hydrogen (secondary N) is 1. The Morgan fingerprint density at radius 2 is 1.84 bits per heavy atom. The number of anilines is 1. The summed E-state index contributed by atoms with van der Waals surface area (Å²) in [6.45, 7) is 1.62. The molecule has 0 spiro atoms. The lowest BCUT2D eigenvalue weighted by atomic mass is 10.1. The van der Waals surface area contributed by atoms with Crippen molar-refractivity contribution < 1.29 is 18.7 Å². The molecule has 1 atom stereocenters. The predicted octanol–water partition coefficient (Wildman–Crippen LogP) is 6.22. The number of carbonyl (C=O) groups is 1. The molecular weight excluding hydrogens is 439 g/mol. The molecule has 1 heterocycles. The van der Waals surface area contributed by atoms with Crippen LogP contribution in [0.3, 0.4) is 0 Å². The summed E-state index contributed by atoms with van der Waals surface area (Å²) >= 11 is 12.0. The van der Waals surface area contributed by atoms with E-state index in [0.717, 1.165) is 5.52 Å². The van der Waals surface area contributed by atoms with Crippen LogP contribution in [-0.4, -0.2) is 24.1 Å². The Kier molecular flexibility index (Phi) is 6.02. The van der Waals surface area contributed by atoms with E-state index < -0.39 is 6.10 Å². The highest BCUT2D eigenvalue weighted by atomic mass is 35.5. The molecule has 3 aromatic carbocycles. The second-order valence-corrected chi connectivity index (χ2v) is 7.57. The zero-order valence-electron chi connectivity index (χ0n) is 16.7. The fourth-order valence-electron chi connectivity index (χ4n) is 2.98. The minimum atomic E-state index is -0.823. The van der Waals surface area contributed by atoms with Crippen molar-refractivity contribution in [3.63, 3.8) is 0 Å². The van der Waals surface area contributed by atoms with Crippen LogP contribution in [0.15, 0.2) is 65.1 Å². The Morgan fingerprint density at radius 1 is 1.06 bits per heavy atom. The van der Waals surface area contributed by atoms with Crippen LogP contribution in [0, 0.1) is 0 Å². The Hall–Kier alpha value is -3.22. The van der Waals surface area contributed by atoms with Gasteiger partial charge >= 0.3 is 0 Å². The Morgan fingerprint density at radius 3 is 2.58 bits per heavy atom. The van der Waals surface area contributed by atoms with Gasteiger partial charge in [0.05, 0.1) is 17.8 Å². The van der Waals surface area contributed by atoms with Crippen LogP contribution in [0.2, 0.25) is 10.0 Å². The van der Waals surface area contributed by atoms with E-state index in [1.807, 2.05) is 30.3 Å². The van der Waals surface area contributed by atoms with Crippen LogP contribution < -0.4 is 14.8 Å². The van der Waals surface area contributed by atoms with Crippen molar-refractivity contribution in [1.82, 2.24) is 4.98 Å². The van der Waals surface area contributed by atoms with Gasteiger partial charge in [-0.05, 0) is 55.5 Å². The molecule has 0 aliphatic rings. The van der Waals surface area contributed by atoms with E-state index >= 15 is 0 Å². The Labute approximate surface area is 188 Å². The number of ether oxygens (including phenoxy) is 2. The summed E-state index contributed by atoms with van der Waals surface area (Å²) in [5.41, 5.74) is 2.59. The van der Waals surface area contributed by atoms with Gasteiger partial charge in [-0.3, -0.25) is 4.79 Å². The molecule has 8 heteroatoms. The summed E-state index contributed by atoms with van der Waals surface area (Å²) < 4.78 is 16.9. The van der Waals surface area contributed by atoms with Gasteiger partial charge < -0.3 is 19.2 Å². The molecule has 0 saturated carbocycles. The average molecular weight is 457 g/mol. The summed E-state index contributed by atoms with van der Waals surface area (Å²) in [5, 5.41) is 3.63. The number of carbonyl (C=O) groups excluding carboxylic acids is 1. The van der Waals surface area contributed by atoms with Crippen LogP contribution >= 0.6 is 23.2 Å². The number of methoxy groups -OCH3 is 1. The van der Waals surface area contributed by atoms with Gasteiger partial charge in [0.25, 0.3) is 5.91 Å². The lowest BCUT2D eigenvalue weighted by Crippen LogP contribution is -2.30. The van der Waals surface area contributed by atoms with Crippen LogP contribution in [0.5, 0.6) is 11.5 Å². The largest absolute Gasteiger partial charge is 0.495 e. The van der Waals surface area contributed by atoms with Gasteiger partial charge in [0.15, 0.2) is 11.7 Å². The van der Waals surface area contributed by atoms with Crippen LogP contribution in [0.4, 0.5) is 5.69 Å². The minimum absolute atomic E-state index is 0.322. The first-order valence-electron chi connectivity index (χ1n) is 9.41. The van der Waals surface area contributed by atoms with Gasteiger partial charge in [0, 0.05) is 10.6 Å². The Balaban J connectivity index is 1.56. The van der Waals surface area contributed by atoms with Crippen molar-refractivity contribution in [2.75, 3.05) is 12.4 Å². The normalized spacial score (nSPS) is 11.9. The van der Waals surface area contributed by atoms with Gasteiger partial charge in [0.1, 0.15) is 17.0 Å². The lowest BCUT2D eigenvalue weighted by Gasteiger charge is -2.17. The van der Waals surface area contributed by atoms with E-state index in [9.17, 15) is 4.79 Å². The zero-order chi connectivity index (χ0) is 22.0. The fraction of sp³-hybridized carbons (Fsp3) is 0.130. The topological polar surface area (TPSA) is 73.6 Å². The van der Waals surface area contributed by atoms with E-state index in [0.29, 0.717) is 44.3 Å². The smallest absolute Gasteiger partial charge is 0.265 e. The number of halogens is 2. The zero-order valence-corrected chi connectivity index (χ0v) is 18.2. The number of para-hydroxylation sites is 2. The lowest BCUT2D eigenvalue weighted by molar-refractivity contribution is -0.122. The Bertz CT molecular complexity index is 1220. The van der Waals surface area contributed by atoms with Crippen molar-refractivity contribution in [2.45, 2.75) is 13.0 Å². The maximum absolute atomic E-state index is 12.8. The molecule has 31 heavy (non-hydrogen) atoms. The second-order valence-electron chi connectivity index (χ2n) is 6.73. The molecule has 1 amide bonds. The highest BCUT2D eigenvalue weighted by Crippen LogP contribution is 2.33. The number of fused-ring (bicyclic) bond motifs is 1. The number of nitrogens with zero attached hydrogens (tertiary/aromatic N) is 1. The maximum atomic E-state index is 12.8. The van der Waals surface area contributed by atoms with Gasteiger partial charge in [-0.1, -0.05) is 35.3 Å². The van der Waals surface area contributed by atoms with E-state index in [-0.39, 0.29) is 5.91 Å². The SMILES string of the molecule is COc1ccc(-c2nc3ccccc3o2)cc1NC(=O)[C@H](C)Oc1ccc(Cl)cc1Cl. The molecule has 0 aliphatic carbocycles. The van der Waals surface area contributed by atoms with Crippen molar-refractivity contribution in [3.8, 4) is 23.0 Å². The standard InChI is InChI=1S/C23H18Cl2N2O4/c1-13(30-19-10-8-15(24)12-16(19)25)22(28)26-18-11-14(7-9-20(18)29-2)23-27-17-5-3-4-6-21(17)31-23/h3-13H,1-2H3,(H,26,28)/t13-/m0/s1. The molecule has 6 nitrogen and oxygen atoms in total. The summed E-state index contributed by atoms with van der Waals surface area (Å²) in [4.78, 5) is 17.2.